The van der Waals surface area contributed by atoms with Crippen molar-refractivity contribution < 1.29 is 4.79 Å². The second kappa shape index (κ2) is 7.78. The van der Waals surface area contributed by atoms with Gasteiger partial charge in [0, 0.05) is 12.6 Å². The molecule has 3 nitrogen and oxygen atoms in total. The third-order valence-corrected chi connectivity index (χ3v) is 4.28. The Morgan fingerprint density at radius 3 is 2.56 bits per heavy atom. The number of hydrogen-bond acceptors (Lipinski definition) is 2. The predicted molar refractivity (Wildman–Crippen MR) is 76.6 cm³/mol. The van der Waals surface area contributed by atoms with Crippen LogP contribution in [0.15, 0.2) is 0 Å². The third kappa shape index (κ3) is 3.98. The average Bonchev–Trinajstić information content (AvgIpc) is 2.86. The minimum atomic E-state index is -0.141. The van der Waals surface area contributed by atoms with Crippen molar-refractivity contribution in [2.45, 2.75) is 71.8 Å². The maximum Gasteiger partial charge on any atom is 0.227 e. The van der Waals surface area contributed by atoms with E-state index in [1.807, 2.05) is 0 Å². The third-order valence-electron chi connectivity index (χ3n) is 4.28. The van der Waals surface area contributed by atoms with Crippen LogP contribution in [0.4, 0.5) is 0 Å². The quantitative estimate of drug-likeness (QED) is 0.699. The Kier molecular flexibility index (Phi) is 6.69. The molecule has 0 aromatic rings. The van der Waals surface area contributed by atoms with E-state index in [2.05, 4.69) is 31.4 Å². The molecule has 0 aromatic carbocycles. The number of hydrogen-bond donors (Lipinski definition) is 2. The summed E-state index contributed by atoms with van der Waals surface area (Å²) in [5.74, 6) is 0.282. The molecule has 1 amide bonds. The number of nitrogens with one attached hydrogen (secondary N) is 2. The average molecular weight is 254 g/mol. The Morgan fingerprint density at radius 1 is 1.28 bits per heavy atom. The number of rotatable bonds is 8. The smallest absolute Gasteiger partial charge is 0.227 e. The standard InChI is InChI=1S/C15H30N2O/c1-4-7-9-13(8-5-2)17-14(18)15(6-3)10-11-16-12-15/h13,16H,4-12H2,1-3H3,(H,17,18). The van der Waals surface area contributed by atoms with Gasteiger partial charge in [0.25, 0.3) is 0 Å². The Hall–Kier alpha value is -0.570. The Balaban J connectivity index is 2.53. The van der Waals surface area contributed by atoms with Gasteiger partial charge in [-0.2, -0.15) is 0 Å². The van der Waals surface area contributed by atoms with Crippen molar-refractivity contribution in [3.63, 3.8) is 0 Å². The molecule has 0 aliphatic carbocycles. The van der Waals surface area contributed by atoms with Gasteiger partial charge < -0.3 is 10.6 Å². The van der Waals surface area contributed by atoms with Gasteiger partial charge in [0.05, 0.1) is 5.41 Å². The van der Waals surface area contributed by atoms with Gasteiger partial charge in [0.1, 0.15) is 0 Å². The molecule has 18 heavy (non-hydrogen) atoms. The Labute approximate surface area is 112 Å². The Morgan fingerprint density at radius 2 is 2.06 bits per heavy atom. The minimum absolute atomic E-state index is 0.141. The molecule has 0 bridgehead atoms. The molecule has 2 atom stereocenters. The summed E-state index contributed by atoms with van der Waals surface area (Å²) in [4.78, 5) is 12.5. The predicted octanol–water partition coefficient (Wildman–Crippen LogP) is 2.85. The van der Waals surface area contributed by atoms with E-state index in [1.54, 1.807) is 0 Å². The molecule has 0 aromatic heterocycles. The van der Waals surface area contributed by atoms with Crippen molar-refractivity contribution in [3.8, 4) is 0 Å². The van der Waals surface area contributed by atoms with Crippen molar-refractivity contribution in [2.24, 2.45) is 5.41 Å². The second-order valence-corrected chi connectivity index (χ2v) is 5.66. The summed E-state index contributed by atoms with van der Waals surface area (Å²) in [7, 11) is 0. The van der Waals surface area contributed by atoms with Gasteiger partial charge >= 0.3 is 0 Å². The normalized spacial score (nSPS) is 25.1. The number of carbonyl (C=O) groups excluding carboxylic acids is 1. The first-order chi connectivity index (χ1) is 8.68. The molecule has 106 valence electrons. The molecule has 0 saturated carbocycles. The van der Waals surface area contributed by atoms with E-state index in [4.69, 9.17) is 0 Å². The first-order valence-electron chi connectivity index (χ1n) is 7.70. The van der Waals surface area contributed by atoms with Crippen LogP contribution in [0, 0.1) is 5.41 Å². The molecule has 1 aliphatic rings. The number of unbranched alkanes of at least 4 members (excludes halogenated alkanes) is 1. The Bertz CT molecular complexity index is 247. The number of carbonyl (C=O) groups is 1. The van der Waals surface area contributed by atoms with Crippen molar-refractivity contribution in [1.82, 2.24) is 10.6 Å². The van der Waals surface area contributed by atoms with E-state index in [1.165, 1.54) is 12.8 Å². The highest BCUT2D eigenvalue weighted by Gasteiger charge is 2.39. The fraction of sp³-hybridized carbons (Fsp3) is 0.933. The van der Waals surface area contributed by atoms with Crippen LogP contribution in [0.1, 0.15) is 65.7 Å². The van der Waals surface area contributed by atoms with E-state index in [0.717, 1.165) is 45.2 Å². The SMILES string of the molecule is CCCCC(CCC)NC(=O)C1(CC)CCNC1. The van der Waals surface area contributed by atoms with Crippen molar-refractivity contribution >= 4 is 5.91 Å². The lowest BCUT2D eigenvalue weighted by atomic mass is 9.83. The van der Waals surface area contributed by atoms with E-state index >= 15 is 0 Å². The largest absolute Gasteiger partial charge is 0.353 e. The molecular formula is C15H30N2O. The second-order valence-electron chi connectivity index (χ2n) is 5.66. The van der Waals surface area contributed by atoms with Gasteiger partial charge in [-0.1, -0.05) is 40.0 Å². The molecule has 0 spiro atoms. The van der Waals surface area contributed by atoms with Gasteiger partial charge in [-0.05, 0) is 32.2 Å². The van der Waals surface area contributed by atoms with Crippen LogP contribution in [0.5, 0.6) is 0 Å². The van der Waals surface area contributed by atoms with Gasteiger partial charge in [-0.15, -0.1) is 0 Å². The molecule has 1 rings (SSSR count). The summed E-state index contributed by atoms with van der Waals surface area (Å²) in [6.45, 7) is 8.36. The highest BCUT2D eigenvalue weighted by atomic mass is 16.2. The summed E-state index contributed by atoms with van der Waals surface area (Å²) in [5.41, 5.74) is -0.141. The first-order valence-corrected chi connectivity index (χ1v) is 7.70. The van der Waals surface area contributed by atoms with Crippen LogP contribution in [0.25, 0.3) is 0 Å². The van der Waals surface area contributed by atoms with Crippen LogP contribution < -0.4 is 10.6 Å². The molecule has 2 unspecified atom stereocenters. The summed E-state index contributed by atoms with van der Waals surface area (Å²) >= 11 is 0. The molecular weight excluding hydrogens is 224 g/mol. The monoisotopic (exact) mass is 254 g/mol. The molecule has 1 saturated heterocycles. The highest BCUT2D eigenvalue weighted by molar-refractivity contribution is 5.83. The van der Waals surface area contributed by atoms with Gasteiger partial charge in [-0.25, -0.2) is 0 Å². The first kappa shape index (κ1) is 15.5. The zero-order valence-corrected chi connectivity index (χ0v) is 12.3. The maximum absolute atomic E-state index is 12.5. The maximum atomic E-state index is 12.5. The lowest BCUT2D eigenvalue weighted by Gasteiger charge is -2.28. The minimum Gasteiger partial charge on any atom is -0.353 e. The molecule has 1 heterocycles. The van der Waals surface area contributed by atoms with Crippen LogP contribution in [0.3, 0.4) is 0 Å². The van der Waals surface area contributed by atoms with E-state index < -0.39 is 0 Å². The van der Waals surface area contributed by atoms with E-state index in [9.17, 15) is 4.79 Å². The fourth-order valence-electron chi connectivity index (χ4n) is 2.83. The molecule has 2 N–H and O–H groups in total. The summed E-state index contributed by atoms with van der Waals surface area (Å²) in [6, 6.07) is 0.381. The summed E-state index contributed by atoms with van der Waals surface area (Å²) in [5, 5.41) is 6.64. The van der Waals surface area contributed by atoms with Gasteiger partial charge in [0.2, 0.25) is 5.91 Å². The van der Waals surface area contributed by atoms with E-state index in [-0.39, 0.29) is 11.3 Å². The topological polar surface area (TPSA) is 41.1 Å². The summed E-state index contributed by atoms with van der Waals surface area (Å²) in [6.07, 6.45) is 7.73. The lowest BCUT2D eigenvalue weighted by Crippen LogP contribution is -2.46. The van der Waals surface area contributed by atoms with Crippen LogP contribution >= 0.6 is 0 Å². The molecule has 1 fully saturated rings. The molecule has 1 aliphatic heterocycles. The molecule has 3 heteroatoms. The molecule has 0 radical (unpaired) electrons. The number of amides is 1. The lowest BCUT2D eigenvalue weighted by molar-refractivity contribution is -0.131. The van der Waals surface area contributed by atoms with Crippen LogP contribution in [-0.4, -0.2) is 25.0 Å². The zero-order chi connectivity index (χ0) is 13.4. The van der Waals surface area contributed by atoms with E-state index in [0.29, 0.717) is 6.04 Å². The zero-order valence-electron chi connectivity index (χ0n) is 12.3. The van der Waals surface area contributed by atoms with Crippen molar-refractivity contribution in [1.29, 1.82) is 0 Å². The fourth-order valence-corrected chi connectivity index (χ4v) is 2.83. The van der Waals surface area contributed by atoms with Crippen molar-refractivity contribution in [3.05, 3.63) is 0 Å². The van der Waals surface area contributed by atoms with Crippen molar-refractivity contribution in [2.75, 3.05) is 13.1 Å². The highest BCUT2D eigenvalue weighted by Crippen LogP contribution is 2.30. The van der Waals surface area contributed by atoms with Crippen LogP contribution in [0.2, 0.25) is 0 Å². The summed E-state index contributed by atoms with van der Waals surface area (Å²) < 4.78 is 0. The van der Waals surface area contributed by atoms with Gasteiger partial charge in [-0.3, -0.25) is 4.79 Å². The van der Waals surface area contributed by atoms with Gasteiger partial charge in [0.15, 0.2) is 0 Å². The van der Waals surface area contributed by atoms with Crippen LogP contribution in [-0.2, 0) is 4.79 Å².